The van der Waals surface area contributed by atoms with Gasteiger partial charge in [0.25, 0.3) is 0 Å². The number of benzene rings is 2. The summed E-state index contributed by atoms with van der Waals surface area (Å²) in [5.41, 5.74) is 6.23. The molecule has 0 fully saturated rings. The number of imidazole rings is 1. The maximum absolute atomic E-state index is 12.1. The second-order valence-electron chi connectivity index (χ2n) is 10.8. The van der Waals surface area contributed by atoms with E-state index in [0.29, 0.717) is 54.4 Å². The van der Waals surface area contributed by atoms with Crippen LogP contribution in [0.3, 0.4) is 0 Å². The molecule has 0 saturated carbocycles. The van der Waals surface area contributed by atoms with Gasteiger partial charge in [0.2, 0.25) is 0 Å². The van der Waals surface area contributed by atoms with Crippen molar-refractivity contribution in [1.82, 2.24) is 34.7 Å². The van der Waals surface area contributed by atoms with E-state index in [-0.39, 0.29) is 18.6 Å². The van der Waals surface area contributed by atoms with Crippen molar-refractivity contribution in [3.05, 3.63) is 77.2 Å². The molecule has 0 N–H and O–H groups in total. The van der Waals surface area contributed by atoms with Crippen LogP contribution in [-0.4, -0.2) is 60.2 Å². The van der Waals surface area contributed by atoms with Gasteiger partial charge in [-0.3, -0.25) is 9.59 Å². The fraction of sp³-hybridized carbons (Fsp3) is 0.382. The number of pyridine rings is 1. The lowest BCUT2D eigenvalue weighted by atomic mass is 9.96. The lowest BCUT2D eigenvalue weighted by Crippen LogP contribution is -2.13. The van der Waals surface area contributed by atoms with E-state index >= 15 is 0 Å². The van der Waals surface area contributed by atoms with Crippen LogP contribution in [0.5, 0.6) is 0 Å². The van der Waals surface area contributed by atoms with Gasteiger partial charge in [0.05, 0.1) is 13.2 Å². The summed E-state index contributed by atoms with van der Waals surface area (Å²) in [7, 11) is 0. The van der Waals surface area contributed by atoms with E-state index in [4.69, 9.17) is 19.4 Å². The molecule has 0 saturated heterocycles. The normalized spacial score (nSPS) is 12.0. The van der Waals surface area contributed by atoms with Crippen LogP contribution in [0.1, 0.15) is 80.6 Å². The van der Waals surface area contributed by atoms with Gasteiger partial charge >= 0.3 is 5.97 Å². The summed E-state index contributed by atoms with van der Waals surface area (Å²) in [4.78, 5) is 33.9. The number of aromatic nitrogens is 7. The number of hydrogen-bond acceptors (Lipinski definition) is 9. The highest BCUT2D eigenvalue weighted by atomic mass is 16.5. The van der Waals surface area contributed by atoms with Gasteiger partial charge in [-0.25, -0.2) is 9.97 Å². The fourth-order valence-electron chi connectivity index (χ4n) is 5.47. The summed E-state index contributed by atoms with van der Waals surface area (Å²) in [6, 6.07) is 18.3. The molecule has 2 aromatic carbocycles. The van der Waals surface area contributed by atoms with Crippen molar-refractivity contribution in [3.8, 4) is 22.5 Å². The monoisotopic (exact) mass is 609 g/mol. The number of carbonyl (C=O) groups excluding carboxylic acids is 2. The van der Waals surface area contributed by atoms with Crippen molar-refractivity contribution >= 4 is 23.4 Å². The molecule has 3 heterocycles. The lowest BCUT2D eigenvalue weighted by molar-refractivity contribution is -0.143. The number of rotatable bonds is 15. The highest BCUT2D eigenvalue weighted by Gasteiger charge is 2.21. The molecule has 0 aliphatic carbocycles. The smallest absolute Gasteiger partial charge is 0.306 e. The molecule has 11 heteroatoms. The van der Waals surface area contributed by atoms with Crippen molar-refractivity contribution in [1.29, 1.82) is 0 Å². The van der Waals surface area contributed by atoms with E-state index in [1.54, 1.807) is 11.6 Å². The molecule has 11 nitrogen and oxygen atoms in total. The van der Waals surface area contributed by atoms with Gasteiger partial charge in [-0.05, 0) is 78.4 Å². The van der Waals surface area contributed by atoms with Crippen LogP contribution >= 0.6 is 0 Å². The largest absolute Gasteiger partial charge is 0.466 e. The van der Waals surface area contributed by atoms with Crippen molar-refractivity contribution in [2.45, 2.75) is 72.6 Å². The minimum absolute atomic E-state index is 0.170. The third-order valence-corrected chi connectivity index (χ3v) is 7.68. The Balaban J connectivity index is 1.59. The molecule has 0 amide bonds. The van der Waals surface area contributed by atoms with E-state index in [1.807, 2.05) is 38.1 Å². The van der Waals surface area contributed by atoms with Crippen LogP contribution in [0.4, 0.5) is 0 Å². The topological polar surface area (TPSA) is 127 Å². The molecule has 3 aromatic heterocycles. The Bertz CT molecular complexity index is 1760. The highest BCUT2D eigenvalue weighted by molar-refractivity contribution is 5.83. The summed E-state index contributed by atoms with van der Waals surface area (Å²) in [5, 5.41) is 12.7. The third kappa shape index (κ3) is 7.15. The predicted molar refractivity (Wildman–Crippen MR) is 171 cm³/mol. The van der Waals surface area contributed by atoms with Crippen LogP contribution < -0.4 is 0 Å². The molecule has 5 aromatic rings. The second-order valence-corrected chi connectivity index (χ2v) is 10.8. The molecule has 45 heavy (non-hydrogen) atoms. The maximum Gasteiger partial charge on any atom is 0.306 e. The van der Waals surface area contributed by atoms with Crippen molar-refractivity contribution in [3.63, 3.8) is 0 Å². The van der Waals surface area contributed by atoms with E-state index < -0.39 is 0 Å². The molecular formula is C34H39N7O4. The molecule has 0 radical (unpaired) electrons. The quantitative estimate of drug-likeness (QED) is 0.104. The molecular weight excluding hydrogens is 570 g/mol. The minimum Gasteiger partial charge on any atom is -0.466 e. The first-order chi connectivity index (χ1) is 22.0. The summed E-state index contributed by atoms with van der Waals surface area (Å²) < 4.78 is 14.7. The van der Waals surface area contributed by atoms with Crippen molar-refractivity contribution in [2.75, 3.05) is 13.2 Å². The highest BCUT2D eigenvalue weighted by Crippen LogP contribution is 2.33. The summed E-state index contributed by atoms with van der Waals surface area (Å²) in [6.07, 6.45) is 3.65. The number of tetrazole rings is 1. The van der Waals surface area contributed by atoms with E-state index in [9.17, 15) is 9.59 Å². The number of fused-ring (bicyclic) bond motifs is 1. The van der Waals surface area contributed by atoms with Crippen molar-refractivity contribution < 1.29 is 19.1 Å². The molecule has 5 rings (SSSR count). The van der Waals surface area contributed by atoms with Gasteiger partial charge in [-0.2, -0.15) is 4.68 Å². The number of esters is 1. The second kappa shape index (κ2) is 14.8. The van der Waals surface area contributed by atoms with Gasteiger partial charge < -0.3 is 14.0 Å². The Labute approximate surface area is 262 Å². The molecule has 0 spiro atoms. The molecule has 0 aliphatic heterocycles. The van der Waals surface area contributed by atoms with E-state index in [0.717, 1.165) is 53.6 Å². The van der Waals surface area contributed by atoms with Crippen LogP contribution in [0.15, 0.2) is 54.6 Å². The first-order valence-corrected chi connectivity index (χ1v) is 15.5. The predicted octanol–water partition coefficient (Wildman–Crippen LogP) is 6.01. The zero-order chi connectivity index (χ0) is 31.8. The average Bonchev–Trinajstić information content (AvgIpc) is 3.68. The Morgan fingerprint density at radius 1 is 0.978 bits per heavy atom. The summed E-state index contributed by atoms with van der Waals surface area (Å²) >= 11 is 0. The van der Waals surface area contributed by atoms with Crippen LogP contribution in [0.2, 0.25) is 0 Å². The lowest BCUT2D eigenvalue weighted by Gasteiger charge is -2.17. The maximum atomic E-state index is 12.1. The molecule has 1 atom stereocenters. The van der Waals surface area contributed by atoms with Crippen LogP contribution in [0.25, 0.3) is 33.7 Å². The number of hydrogen-bond donors (Lipinski definition) is 0. The number of ether oxygens (including phenoxy) is 2. The van der Waals surface area contributed by atoms with Gasteiger partial charge in [-0.1, -0.05) is 55.8 Å². The SMILES string of the molecule is CCCCc1nc2cc(CCC(=O)OCC)c(C=O)nc2n1Cc1ccc(-c2ccccc2)c(-c2nnnn2C(C)OCC)c1. The molecule has 234 valence electrons. The number of carbonyl (C=O) groups is 2. The Morgan fingerprint density at radius 3 is 2.53 bits per heavy atom. The van der Waals surface area contributed by atoms with Crippen LogP contribution in [0, 0.1) is 0 Å². The standard InChI is InChI=1S/C34H39N7O4/c1-5-8-14-31-35-29-20-26(16-18-32(43)45-7-3)30(22-42)36-34(29)40(31)21-24-15-17-27(25-12-10-9-11-13-25)28(19-24)33-37-38-39-41(33)23(4)44-6-2/h9-13,15,17,19-20,22-23H,5-8,14,16,18,21H2,1-4H3. The van der Waals surface area contributed by atoms with Gasteiger partial charge in [0.1, 0.15) is 17.0 Å². The third-order valence-electron chi connectivity index (χ3n) is 7.68. The van der Waals surface area contributed by atoms with Gasteiger partial charge in [0, 0.05) is 25.0 Å². The molecule has 1 unspecified atom stereocenters. The zero-order valence-electron chi connectivity index (χ0n) is 26.3. The van der Waals surface area contributed by atoms with Crippen molar-refractivity contribution in [2.24, 2.45) is 0 Å². The minimum atomic E-state index is -0.352. The fourth-order valence-corrected chi connectivity index (χ4v) is 5.47. The number of aldehydes is 1. The van der Waals surface area contributed by atoms with Crippen LogP contribution in [-0.2, 0) is 33.7 Å². The first-order valence-electron chi connectivity index (χ1n) is 15.5. The molecule has 0 bridgehead atoms. The van der Waals surface area contributed by atoms with Gasteiger partial charge in [-0.15, -0.1) is 5.10 Å². The average molecular weight is 610 g/mol. The Hall–Kier alpha value is -4.77. The summed E-state index contributed by atoms with van der Waals surface area (Å²) in [5.74, 6) is 1.19. The number of unbranched alkanes of at least 4 members (excludes halogenated alkanes) is 1. The zero-order valence-corrected chi connectivity index (χ0v) is 26.3. The number of aryl methyl sites for hydroxylation is 2. The Kier molecular flexibility index (Phi) is 10.4. The van der Waals surface area contributed by atoms with E-state index in [1.165, 1.54) is 0 Å². The molecule has 0 aliphatic rings. The summed E-state index contributed by atoms with van der Waals surface area (Å²) in [6.45, 7) is 9.10. The number of nitrogens with zero attached hydrogens (tertiary/aromatic N) is 7. The first kappa shape index (κ1) is 31.6. The Morgan fingerprint density at radius 2 is 1.80 bits per heavy atom. The van der Waals surface area contributed by atoms with E-state index in [2.05, 4.69) is 57.3 Å². The van der Waals surface area contributed by atoms with Gasteiger partial charge in [0.15, 0.2) is 24.0 Å².